The number of primary amides is 1. The van der Waals surface area contributed by atoms with Crippen LogP contribution in [0.3, 0.4) is 0 Å². The van der Waals surface area contributed by atoms with E-state index in [0.29, 0.717) is 0 Å². The molecule has 1 aromatic rings. The van der Waals surface area contributed by atoms with Crippen LogP contribution in [-0.4, -0.2) is 36.5 Å². The second-order valence-electron chi connectivity index (χ2n) is 4.87. The van der Waals surface area contributed by atoms with E-state index in [1.54, 1.807) is 6.92 Å². The molecule has 0 aliphatic carbocycles. The van der Waals surface area contributed by atoms with Gasteiger partial charge in [0, 0.05) is 36.0 Å². The van der Waals surface area contributed by atoms with Crippen molar-refractivity contribution in [1.82, 2.24) is 0 Å². The minimum absolute atomic E-state index is 0.337. The van der Waals surface area contributed by atoms with Gasteiger partial charge in [-0.15, -0.1) is 0 Å². The number of thioether (sulfide) groups is 1. The van der Waals surface area contributed by atoms with Gasteiger partial charge in [0.2, 0.25) is 5.91 Å². The van der Waals surface area contributed by atoms with Crippen LogP contribution in [0.15, 0.2) is 18.2 Å². The normalized spacial score (nSPS) is 17.1. The number of hydrogen-bond acceptors (Lipinski definition) is 4. The minimum atomic E-state index is -0.351. The zero-order valence-corrected chi connectivity index (χ0v) is 12.3. The van der Waals surface area contributed by atoms with E-state index < -0.39 is 0 Å². The van der Waals surface area contributed by atoms with Gasteiger partial charge in [-0.2, -0.15) is 11.8 Å². The zero-order chi connectivity index (χ0) is 13.8. The third-order valence-electron chi connectivity index (χ3n) is 3.39. The van der Waals surface area contributed by atoms with Crippen LogP contribution in [-0.2, 0) is 4.79 Å². The Kier molecular flexibility index (Phi) is 4.58. The molecule has 104 valence electrons. The van der Waals surface area contributed by atoms with Crippen LogP contribution in [0.5, 0.6) is 0 Å². The Labute approximate surface area is 118 Å². The first-order valence-electron chi connectivity index (χ1n) is 6.57. The van der Waals surface area contributed by atoms with Crippen molar-refractivity contribution in [2.45, 2.75) is 19.9 Å². The Bertz CT molecular complexity index is 458. The van der Waals surface area contributed by atoms with E-state index >= 15 is 0 Å². The molecule has 1 amide bonds. The molecule has 1 heterocycles. The van der Waals surface area contributed by atoms with Gasteiger partial charge in [-0.05, 0) is 37.6 Å². The fourth-order valence-corrected chi connectivity index (χ4v) is 3.04. The summed E-state index contributed by atoms with van der Waals surface area (Å²) < 4.78 is 0. The highest BCUT2D eigenvalue weighted by Crippen LogP contribution is 2.25. The zero-order valence-electron chi connectivity index (χ0n) is 11.5. The average molecular weight is 279 g/mol. The molecule has 0 spiro atoms. The number of aryl methyl sites for hydroxylation is 1. The molecule has 0 radical (unpaired) electrons. The predicted octanol–water partition coefficient (Wildman–Crippen LogP) is 1.83. The molecule has 1 aliphatic rings. The number of amides is 1. The molecule has 3 N–H and O–H groups in total. The van der Waals surface area contributed by atoms with E-state index in [0.717, 1.165) is 24.3 Å². The molecule has 1 saturated heterocycles. The maximum atomic E-state index is 11.1. The van der Waals surface area contributed by atoms with Gasteiger partial charge in [-0.25, -0.2) is 0 Å². The number of carbonyl (C=O) groups excluding carboxylic acids is 1. The second-order valence-corrected chi connectivity index (χ2v) is 6.09. The van der Waals surface area contributed by atoms with Gasteiger partial charge in [0.25, 0.3) is 0 Å². The van der Waals surface area contributed by atoms with Crippen LogP contribution in [0.2, 0.25) is 0 Å². The summed E-state index contributed by atoms with van der Waals surface area (Å²) in [4.78, 5) is 13.5. The lowest BCUT2D eigenvalue weighted by Gasteiger charge is -2.29. The largest absolute Gasteiger partial charge is 0.374 e. The van der Waals surface area contributed by atoms with E-state index in [1.807, 2.05) is 17.8 Å². The van der Waals surface area contributed by atoms with Gasteiger partial charge in [0.05, 0.1) is 0 Å². The molecule has 0 unspecified atom stereocenters. The van der Waals surface area contributed by atoms with Gasteiger partial charge in [0.15, 0.2) is 0 Å². The van der Waals surface area contributed by atoms with Gasteiger partial charge < -0.3 is 16.0 Å². The summed E-state index contributed by atoms with van der Waals surface area (Å²) in [5, 5.41) is 3.14. The third kappa shape index (κ3) is 3.56. The Morgan fingerprint density at radius 2 is 2.11 bits per heavy atom. The molecule has 1 aromatic carbocycles. The van der Waals surface area contributed by atoms with E-state index in [4.69, 9.17) is 5.73 Å². The number of anilines is 2. The molecule has 2 rings (SSSR count). The maximum absolute atomic E-state index is 11.1. The maximum Gasteiger partial charge on any atom is 0.239 e. The van der Waals surface area contributed by atoms with Crippen molar-refractivity contribution in [3.8, 4) is 0 Å². The molecular formula is C14H21N3OS. The van der Waals surface area contributed by atoms with Crippen molar-refractivity contribution in [3.63, 3.8) is 0 Å². The summed E-state index contributed by atoms with van der Waals surface area (Å²) in [7, 11) is 0. The third-order valence-corrected chi connectivity index (χ3v) is 4.33. The number of benzene rings is 1. The van der Waals surface area contributed by atoms with Crippen molar-refractivity contribution in [2.75, 3.05) is 34.8 Å². The lowest BCUT2D eigenvalue weighted by Crippen LogP contribution is -2.33. The van der Waals surface area contributed by atoms with Crippen LogP contribution in [0.25, 0.3) is 0 Å². The highest BCUT2D eigenvalue weighted by Gasteiger charge is 2.13. The second kappa shape index (κ2) is 6.19. The first-order valence-corrected chi connectivity index (χ1v) is 7.72. The molecule has 0 saturated carbocycles. The fourth-order valence-electron chi connectivity index (χ4n) is 2.13. The highest BCUT2D eigenvalue weighted by atomic mass is 32.2. The summed E-state index contributed by atoms with van der Waals surface area (Å²) >= 11 is 2.01. The highest BCUT2D eigenvalue weighted by molar-refractivity contribution is 7.99. The molecule has 1 atom stereocenters. The van der Waals surface area contributed by atoms with Gasteiger partial charge in [0.1, 0.15) is 6.04 Å². The molecule has 1 fully saturated rings. The van der Waals surface area contributed by atoms with Gasteiger partial charge in [-0.1, -0.05) is 0 Å². The van der Waals surface area contributed by atoms with Crippen molar-refractivity contribution in [3.05, 3.63) is 23.8 Å². The first-order chi connectivity index (χ1) is 9.08. The van der Waals surface area contributed by atoms with Crippen molar-refractivity contribution >= 4 is 29.0 Å². The van der Waals surface area contributed by atoms with Crippen molar-refractivity contribution < 1.29 is 4.79 Å². The number of nitrogens with zero attached hydrogens (tertiary/aromatic N) is 1. The minimum Gasteiger partial charge on any atom is -0.374 e. The summed E-state index contributed by atoms with van der Waals surface area (Å²) in [6, 6.07) is 5.97. The van der Waals surface area contributed by atoms with Gasteiger partial charge in [-0.3, -0.25) is 4.79 Å². The Hall–Kier alpha value is -1.36. The van der Waals surface area contributed by atoms with E-state index in [2.05, 4.69) is 29.3 Å². The molecule has 0 aromatic heterocycles. The van der Waals surface area contributed by atoms with E-state index in [1.165, 1.54) is 17.2 Å². The molecule has 1 aliphatic heterocycles. The van der Waals surface area contributed by atoms with Crippen molar-refractivity contribution in [2.24, 2.45) is 5.73 Å². The first kappa shape index (κ1) is 14.1. The van der Waals surface area contributed by atoms with Crippen LogP contribution in [0.1, 0.15) is 12.5 Å². The number of carbonyl (C=O) groups is 1. The lowest BCUT2D eigenvalue weighted by molar-refractivity contribution is -0.118. The number of nitrogens with one attached hydrogen (secondary N) is 1. The lowest BCUT2D eigenvalue weighted by atomic mass is 10.1. The van der Waals surface area contributed by atoms with Gasteiger partial charge >= 0.3 is 0 Å². The summed E-state index contributed by atoms with van der Waals surface area (Å²) in [6.07, 6.45) is 0. The molecule has 0 bridgehead atoms. The van der Waals surface area contributed by atoms with Crippen LogP contribution < -0.4 is 16.0 Å². The standard InChI is InChI=1S/C14H21N3OS/c1-10-9-12(17-5-7-19-8-6-17)3-4-13(10)16-11(2)14(15)18/h3-4,9,11,16H,5-8H2,1-2H3,(H2,15,18)/t11-/m1/s1. The summed E-state index contributed by atoms with van der Waals surface area (Å²) in [5.41, 5.74) is 8.64. The molecular weight excluding hydrogens is 258 g/mol. The topological polar surface area (TPSA) is 58.4 Å². The average Bonchev–Trinajstić information content (AvgIpc) is 2.41. The molecule has 4 nitrogen and oxygen atoms in total. The fraction of sp³-hybridized carbons (Fsp3) is 0.500. The van der Waals surface area contributed by atoms with Crippen LogP contribution >= 0.6 is 11.8 Å². The smallest absolute Gasteiger partial charge is 0.239 e. The molecule has 19 heavy (non-hydrogen) atoms. The van der Waals surface area contributed by atoms with E-state index in [-0.39, 0.29) is 11.9 Å². The number of nitrogens with two attached hydrogens (primary N) is 1. The summed E-state index contributed by atoms with van der Waals surface area (Å²) in [5.74, 6) is 2.05. The number of rotatable bonds is 4. The quantitative estimate of drug-likeness (QED) is 0.883. The summed E-state index contributed by atoms with van der Waals surface area (Å²) in [6.45, 7) is 6.04. The van der Waals surface area contributed by atoms with Crippen molar-refractivity contribution in [1.29, 1.82) is 0 Å². The Morgan fingerprint density at radius 3 is 2.68 bits per heavy atom. The van der Waals surface area contributed by atoms with Crippen LogP contribution in [0.4, 0.5) is 11.4 Å². The Morgan fingerprint density at radius 1 is 1.42 bits per heavy atom. The monoisotopic (exact) mass is 279 g/mol. The van der Waals surface area contributed by atoms with Crippen LogP contribution in [0, 0.1) is 6.92 Å². The molecule has 5 heteroatoms. The number of hydrogen-bond donors (Lipinski definition) is 2. The van der Waals surface area contributed by atoms with E-state index in [9.17, 15) is 4.79 Å². The predicted molar refractivity (Wildman–Crippen MR) is 83.0 cm³/mol. The SMILES string of the molecule is Cc1cc(N2CCSCC2)ccc1N[C@H](C)C(N)=O. The Balaban J connectivity index is 2.10.